The minimum Gasteiger partial charge on any atom is -0.383 e. The van der Waals surface area contributed by atoms with Crippen molar-refractivity contribution in [1.29, 1.82) is 0 Å². The minimum absolute atomic E-state index is 0.178. The lowest BCUT2D eigenvalue weighted by atomic mass is 10.1. The lowest BCUT2D eigenvalue weighted by molar-refractivity contribution is -0.137. The van der Waals surface area contributed by atoms with Gasteiger partial charge in [-0.05, 0) is 17.7 Å². The van der Waals surface area contributed by atoms with Crippen molar-refractivity contribution < 1.29 is 22.7 Å². The molecule has 1 N–H and O–H groups in total. The van der Waals surface area contributed by atoms with Gasteiger partial charge < -0.3 is 14.6 Å². The van der Waals surface area contributed by atoms with E-state index in [-0.39, 0.29) is 36.5 Å². The largest absolute Gasteiger partial charge is 0.418 e. The molecule has 2 aromatic carbocycles. The maximum atomic E-state index is 13.3. The molecule has 1 amide bonds. The van der Waals surface area contributed by atoms with E-state index < -0.39 is 17.6 Å². The smallest absolute Gasteiger partial charge is 0.383 e. The number of alkyl halides is 3. The molecule has 0 fully saturated rings. The van der Waals surface area contributed by atoms with E-state index in [9.17, 15) is 22.8 Å². The molecule has 0 unspecified atom stereocenters. The van der Waals surface area contributed by atoms with E-state index in [1.807, 2.05) is 30.3 Å². The summed E-state index contributed by atoms with van der Waals surface area (Å²) in [7, 11) is 1.51. The highest BCUT2D eigenvalue weighted by Gasteiger charge is 2.33. The van der Waals surface area contributed by atoms with Gasteiger partial charge >= 0.3 is 6.18 Å². The normalized spacial score (nSPS) is 11.6. The van der Waals surface area contributed by atoms with Gasteiger partial charge in [0.15, 0.2) is 0 Å². The molecule has 0 spiro atoms. The number of rotatable bonds is 7. The van der Waals surface area contributed by atoms with Crippen LogP contribution in [0.1, 0.15) is 5.56 Å². The fraction of sp³-hybridized carbons (Fsp3) is 0.208. The third-order valence-electron chi connectivity index (χ3n) is 5.28. The van der Waals surface area contributed by atoms with Gasteiger partial charge in [-0.15, -0.1) is 0 Å². The Bertz CT molecular complexity index is 1380. The Balaban J connectivity index is 1.75. The summed E-state index contributed by atoms with van der Waals surface area (Å²) in [6.07, 6.45) is -1.59. The zero-order valence-corrected chi connectivity index (χ0v) is 18.2. The van der Waals surface area contributed by atoms with Crippen LogP contribution in [0.25, 0.3) is 22.2 Å². The van der Waals surface area contributed by atoms with Gasteiger partial charge in [0, 0.05) is 18.9 Å². The summed E-state index contributed by atoms with van der Waals surface area (Å²) < 4.78 is 47.7. The number of nitrogens with one attached hydrogen (secondary N) is 1. The van der Waals surface area contributed by atoms with E-state index >= 15 is 0 Å². The second kappa shape index (κ2) is 9.52. The summed E-state index contributed by atoms with van der Waals surface area (Å²) in [6.45, 7) is 0.171. The molecule has 0 bridgehead atoms. The summed E-state index contributed by atoms with van der Waals surface area (Å²) in [5.74, 6) is -0.708. The molecule has 0 aliphatic heterocycles. The summed E-state index contributed by atoms with van der Waals surface area (Å²) in [5, 5.41) is 2.32. The van der Waals surface area contributed by atoms with Crippen molar-refractivity contribution in [2.45, 2.75) is 19.3 Å². The second-order valence-electron chi connectivity index (χ2n) is 7.56. The number of amides is 1. The monoisotopic (exact) mass is 470 g/mol. The predicted octanol–water partition coefficient (Wildman–Crippen LogP) is 4.17. The molecule has 4 aromatic rings. The number of carbonyl (C=O) groups is 1. The van der Waals surface area contributed by atoms with E-state index in [1.54, 1.807) is 6.20 Å². The van der Waals surface area contributed by atoms with Crippen LogP contribution < -0.4 is 10.9 Å². The molecule has 4 rings (SSSR count). The fourth-order valence-corrected chi connectivity index (χ4v) is 3.70. The predicted molar refractivity (Wildman–Crippen MR) is 121 cm³/mol. The number of aromatic nitrogens is 3. The van der Waals surface area contributed by atoms with E-state index in [4.69, 9.17) is 4.74 Å². The Morgan fingerprint density at radius 3 is 2.47 bits per heavy atom. The minimum atomic E-state index is -4.62. The van der Waals surface area contributed by atoms with Crippen molar-refractivity contribution in [3.05, 3.63) is 83.0 Å². The highest BCUT2D eigenvalue weighted by Crippen LogP contribution is 2.34. The molecule has 0 radical (unpaired) electrons. The zero-order chi connectivity index (χ0) is 24.3. The number of nitrogens with zero attached hydrogens (tertiary/aromatic N) is 3. The lowest BCUT2D eigenvalue weighted by Gasteiger charge is -2.14. The summed E-state index contributed by atoms with van der Waals surface area (Å²) in [6, 6.07) is 13.9. The van der Waals surface area contributed by atoms with E-state index in [1.165, 1.54) is 40.8 Å². The fourth-order valence-electron chi connectivity index (χ4n) is 3.70. The summed E-state index contributed by atoms with van der Waals surface area (Å²) >= 11 is 0. The van der Waals surface area contributed by atoms with Crippen molar-refractivity contribution >= 4 is 22.6 Å². The molecular formula is C24H21F3N4O3. The van der Waals surface area contributed by atoms with Crippen LogP contribution in [0.15, 0.2) is 71.9 Å². The molecule has 176 valence electrons. The number of carbonyl (C=O) groups excluding carboxylic acids is 1. The first-order valence-electron chi connectivity index (χ1n) is 10.4. The number of fused-ring (bicyclic) bond motifs is 1. The molecule has 7 nitrogen and oxygen atoms in total. The number of hydrogen-bond acceptors (Lipinski definition) is 4. The average molecular weight is 470 g/mol. The van der Waals surface area contributed by atoms with Gasteiger partial charge in [0.2, 0.25) is 5.91 Å². The average Bonchev–Trinajstić information content (AvgIpc) is 3.17. The Kier molecular flexibility index (Phi) is 6.51. The first-order valence-corrected chi connectivity index (χ1v) is 10.4. The van der Waals surface area contributed by atoms with E-state index in [0.29, 0.717) is 11.1 Å². The van der Waals surface area contributed by atoms with Gasteiger partial charge in [-0.25, -0.2) is 4.98 Å². The lowest BCUT2D eigenvalue weighted by Crippen LogP contribution is -2.26. The molecule has 2 aromatic heterocycles. The quantitative estimate of drug-likeness (QED) is 0.440. The molecule has 0 saturated heterocycles. The summed E-state index contributed by atoms with van der Waals surface area (Å²) in [4.78, 5) is 30.4. The number of ether oxygens (including phenoxy) is 1. The van der Waals surface area contributed by atoms with Gasteiger partial charge in [-0.3, -0.25) is 14.2 Å². The molecule has 0 aliphatic carbocycles. The first kappa shape index (κ1) is 23.2. The number of methoxy groups -OCH3 is 1. The Hall–Kier alpha value is -3.92. The van der Waals surface area contributed by atoms with Gasteiger partial charge in [-0.1, -0.05) is 42.5 Å². The van der Waals surface area contributed by atoms with Crippen molar-refractivity contribution in [2.75, 3.05) is 19.0 Å². The van der Waals surface area contributed by atoms with Crippen molar-refractivity contribution in [2.24, 2.45) is 0 Å². The van der Waals surface area contributed by atoms with E-state index in [0.717, 1.165) is 11.6 Å². The van der Waals surface area contributed by atoms with Crippen molar-refractivity contribution in [3.8, 4) is 11.1 Å². The van der Waals surface area contributed by atoms with Crippen LogP contribution in [-0.2, 0) is 28.8 Å². The molecule has 10 heteroatoms. The molecule has 0 atom stereocenters. The van der Waals surface area contributed by atoms with Crippen LogP contribution >= 0.6 is 0 Å². The Labute approximate surface area is 192 Å². The number of hydrogen-bond donors (Lipinski definition) is 1. The van der Waals surface area contributed by atoms with Crippen molar-refractivity contribution in [3.63, 3.8) is 0 Å². The van der Waals surface area contributed by atoms with Crippen LogP contribution in [0, 0.1) is 0 Å². The third-order valence-corrected chi connectivity index (χ3v) is 5.28. The molecule has 0 saturated carbocycles. The van der Waals surface area contributed by atoms with Crippen LogP contribution in [0.5, 0.6) is 0 Å². The molecular weight excluding hydrogens is 449 g/mol. The van der Waals surface area contributed by atoms with Gasteiger partial charge in [0.05, 0.1) is 30.7 Å². The SMILES string of the molecule is COCCn1cnc2c(-c3ccccc3)cn(CC(=O)Nc3ccccc3C(F)(F)F)c2c1=O. The number of anilines is 1. The standard InChI is InChI=1S/C24H21F3N4O3/c1-34-12-11-30-15-28-21-17(16-7-3-2-4-8-16)13-31(22(21)23(30)33)14-20(32)29-19-10-6-5-9-18(19)24(25,26)27/h2-10,13,15H,11-12,14H2,1H3,(H,29,32). The summed E-state index contributed by atoms with van der Waals surface area (Å²) in [5.41, 5.74) is 0.313. The third kappa shape index (κ3) is 4.72. The number of halogens is 3. The van der Waals surface area contributed by atoms with Crippen LogP contribution in [0.2, 0.25) is 0 Å². The zero-order valence-electron chi connectivity index (χ0n) is 18.2. The van der Waals surface area contributed by atoms with Gasteiger partial charge in [0.1, 0.15) is 17.6 Å². The second-order valence-corrected chi connectivity index (χ2v) is 7.56. The van der Waals surface area contributed by atoms with Crippen molar-refractivity contribution in [1.82, 2.24) is 14.1 Å². The van der Waals surface area contributed by atoms with Crippen LogP contribution in [0.3, 0.4) is 0 Å². The Morgan fingerprint density at radius 1 is 1.06 bits per heavy atom. The number of para-hydroxylation sites is 1. The van der Waals surface area contributed by atoms with Gasteiger partial charge in [0.25, 0.3) is 5.56 Å². The van der Waals surface area contributed by atoms with Crippen LogP contribution in [-0.4, -0.2) is 33.7 Å². The highest BCUT2D eigenvalue weighted by atomic mass is 19.4. The highest BCUT2D eigenvalue weighted by molar-refractivity contribution is 5.96. The van der Waals surface area contributed by atoms with Crippen LogP contribution in [0.4, 0.5) is 18.9 Å². The van der Waals surface area contributed by atoms with E-state index in [2.05, 4.69) is 10.3 Å². The van der Waals surface area contributed by atoms with Gasteiger partial charge in [-0.2, -0.15) is 13.2 Å². The number of benzene rings is 2. The first-order chi connectivity index (χ1) is 16.3. The molecule has 2 heterocycles. The molecule has 0 aliphatic rings. The molecule has 34 heavy (non-hydrogen) atoms. The Morgan fingerprint density at radius 2 is 1.76 bits per heavy atom. The maximum Gasteiger partial charge on any atom is 0.418 e. The maximum absolute atomic E-state index is 13.3. The topological polar surface area (TPSA) is 78.2 Å².